The molecule has 0 spiro atoms. The molecule has 4 nitrogen and oxygen atoms in total. The van der Waals surface area contributed by atoms with Gasteiger partial charge in [-0.15, -0.1) is 12.6 Å². The van der Waals surface area contributed by atoms with E-state index in [0.717, 1.165) is 22.6 Å². The molecule has 1 heterocycles. The van der Waals surface area contributed by atoms with Gasteiger partial charge in [0.2, 0.25) is 0 Å². The summed E-state index contributed by atoms with van der Waals surface area (Å²) in [5, 5.41) is 3.10. The molecule has 0 aliphatic carbocycles. The van der Waals surface area contributed by atoms with Crippen LogP contribution in [0.4, 0.5) is 4.79 Å². The molecule has 2 rings (SSSR count). The molecule has 0 radical (unpaired) electrons. The normalized spacial score (nSPS) is 15.4. The summed E-state index contributed by atoms with van der Waals surface area (Å²) in [6.45, 7) is 1.47. The van der Waals surface area contributed by atoms with Gasteiger partial charge in [-0.1, -0.05) is 30.3 Å². The van der Waals surface area contributed by atoms with Crippen LogP contribution in [0.15, 0.2) is 40.9 Å². The van der Waals surface area contributed by atoms with Crippen LogP contribution < -0.4 is 5.32 Å². The van der Waals surface area contributed by atoms with E-state index in [2.05, 4.69) is 17.9 Å². The van der Waals surface area contributed by atoms with Crippen molar-refractivity contribution in [3.05, 3.63) is 46.5 Å². The molecule has 1 aliphatic heterocycles. The lowest BCUT2D eigenvalue weighted by Crippen LogP contribution is -2.38. The Morgan fingerprint density at radius 3 is 2.79 bits per heavy atom. The first kappa shape index (κ1) is 13.8. The van der Waals surface area contributed by atoms with Crippen molar-refractivity contribution in [1.82, 2.24) is 10.2 Å². The van der Waals surface area contributed by atoms with E-state index < -0.39 is 0 Å². The summed E-state index contributed by atoms with van der Waals surface area (Å²) in [4.78, 5) is 14.5. The smallest absolute Gasteiger partial charge is 0.410 e. The summed E-state index contributed by atoms with van der Waals surface area (Å²) in [5.41, 5.74) is 2.08. The number of carbonyl (C=O) groups is 1. The van der Waals surface area contributed by atoms with Crippen LogP contribution in [0.5, 0.6) is 0 Å². The second kappa shape index (κ2) is 6.52. The van der Waals surface area contributed by atoms with Crippen molar-refractivity contribution in [2.24, 2.45) is 0 Å². The molecule has 0 saturated heterocycles. The van der Waals surface area contributed by atoms with Gasteiger partial charge in [-0.25, -0.2) is 4.79 Å². The van der Waals surface area contributed by atoms with E-state index >= 15 is 0 Å². The van der Waals surface area contributed by atoms with E-state index in [1.807, 2.05) is 37.4 Å². The average Bonchev–Trinajstić information content (AvgIpc) is 2.45. The highest BCUT2D eigenvalue weighted by molar-refractivity contribution is 7.84. The van der Waals surface area contributed by atoms with Crippen molar-refractivity contribution in [1.29, 1.82) is 0 Å². The summed E-state index contributed by atoms with van der Waals surface area (Å²) in [7, 11) is 1.87. The van der Waals surface area contributed by atoms with Gasteiger partial charge in [0.15, 0.2) is 0 Å². The first-order chi connectivity index (χ1) is 9.20. The molecule has 1 aromatic rings. The molecule has 5 heteroatoms. The van der Waals surface area contributed by atoms with Gasteiger partial charge in [-0.2, -0.15) is 0 Å². The van der Waals surface area contributed by atoms with Crippen LogP contribution in [-0.4, -0.2) is 31.1 Å². The standard InChI is InChI=1S/C14H18N2O2S/c1-15-12-7-8-16(9-13(12)19)14(17)18-10-11-5-3-2-4-6-11/h2-6,15,19H,7-10H2,1H3. The summed E-state index contributed by atoms with van der Waals surface area (Å²) in [6, 6.07) is 9.67. The van der Waals surface area contributed by atoms with Crippen LogP contribution in [0.3, 0.4) is 0 Å². The number of nitrogens with one attached hydrogen (secondary N) is 1. The number of benzene rings is 1. The van der Waals surface area contributed by atoms with Gasteiger partial charge in [0.05, 0.1) is 6.54 Å². The molecule has 0 atom stereocenters. The van der Waals surface area contributed by atoms with Gasteiger partial charge in [0.1, 0.15) is 6.61 Å². The number of hydrogen-bond donors (Lipinski definition) is 2. The average molecular weight is 278 g/mol. The van der Waals surface area contributed by atoms with E-state index in [0.29, 0.717) is 19.7 Å². The number of hydrogen-bond acceptors (Lipinski definition) is 4. The maximum absolute atomic E-state index is 11.9. The summed E-state index contributed by atoms with van der Waals surface area (Å²) in [5.74, 6) is 0. The van der Waals surface area contributed by atoms with E-state index in [1.54, 1.807) is 4.90 Å². The SMILES string of the molecule is CNC1=C(S)CN(C(=O)OCc2ccccc2)CC1. The van der Waals surface area contributed by atoms with Crippen LogP contribution in [-0.2, 0) is 11.3 Å². The number of amides is 1. The maximum atomic E-state index is 11.9. The largest absolute Gasteiger partial charge is 0.445 e. The molecule has 0 aromatic heterocycles. The van der Waals surface area contributed by atoms with Crippen molar-refractivity contribution in [2.45, 2.75) is 13.0 Å². The Labute approximate surface area is 118 Å². The van der Waals surface area contributed by atoms with Crippen LogP contribution in [0.25, 0.3) is 0 Å². The highest BCUT2D eigenvalue weighted by atomic mass is 32.1. The Bertz CT molecular complexity index is 474. The topological polar surface area (TPSA) is 41.6 Å². The Balaban J connectivity index is 1.87. The van der Waals surface area contributed by atoms with Crippen molar-refractivity contribution in [3.63, 3.8) is 0 Å². The molecule has 102 valence electrons. The predicted molar refractivity (Wildman–Crippen MR) is 77.9 cm³/mol. The fourth-order valence-electron chi connectivity index (χ4n) is 1.98. The molecule has 1 amide bonds. The molecule has 0 bridgehead atoms. The lowest BCUT2D eigenvalue weighted by atomic mass is 10.2. The van der Waals surface area contributed by atoms with Crippen molar-refractivity contribution >= 4 is 18.7 Å². The molecule has 1 aromatic carbocycles. The highest BCUT2D eigenvalue weighted by Gasteiger charge is 2.21. The highest BCUT2D eigenvalue weighted by Crippen LogP contribution is 2.19. The Morgan fingerprint density at radius 2 is 2.16 bits per heavy atom. The zero-order valence-corrected chi connectivity index (χ0v) is 11.8. The first-order valence-corrected chi connectivity index (χ1v) is 6.70. The number of ether oxygens (including phenoxy) is 1. The van der Waals surface area contributed by atoms with Gasteiger partial charge in [-0.3, -0.25) is 0 Å². The van der Waals surface area contributed by atoms with Crippen molar-refractivity contribution < 1.29 is 9.53 Å². The number of carbonyl (C=O) groups excluding carboxylic acids is 1. The zero-order chi connectivity index (χ0) is 13.7. The second-order valence-corrected chi connectivity index (χ2v) is 4.93. The van der Waals surface area contributed by atoms with E-state index in [1.165, 1.54) is 0 Å². The minimum atomic E-state index is -0.287. The van der Waals surface area contributed by atoms with Gasteiger partial charge in [0.25, 0.3) is 0 Å². The fourth-order valence-corrected chi connectivity index (χ4v) is 2.38. The van der Waals surface area contributed by atoms with Crippen LogP contribution >= 0.6 is 12.6 Å². The third-order valence-corrected chi connectivity index (χ3v) is 3.50. The maximum Gasteiger partial charge on any atom is 0.410 e. The van der Waals surface area contributed by atoms with Crippen molar-refractivity contribution in [2.75, 3.05) is 20.1 Å². The monoisotopic (exact) mass is 278 g/mol. The Kier molecular flexibility index (Phi) is 4.74. The minimum absolute atomic E-state index is 0.287. The number of rotatable bonds is 3. The molecular weight excluding hydrogens is 260 g/mol. The quantitative estimate of drug-likeness (QED) is 0.834. The molecule has 0 fully saturated rings. The van der Waals surface area contributed by atoms with Gasteiger partial charge < -0.3 is 15.0 Å². The third kappa shape index (κ3) is 3.67. The summed E-state index contributed by atoms with van der Waals surface area (Å²) in [6.07, 6.45) is 0.501. The summed E-state index contributed by atoms with van der Waals surface area (Å²) < 4.78 is 5.29. The summed E-state index contributed by atoms with van der Waals surface area (Å²) >= 11 is 4.40. The molecule has 0 saturated carbocycles. The van der Waals surface area contributed by atoms with E-state index in [9.17, 15) is 4.79 Å². The fraction of sp³-hybridized carbons (Fsp3) is 0.357. The predicted octanol–water partition coefficient (Wildman–Crippen LogP) is 2.39. The van der Waals surface area contributed by atoms with Gasteiger partial charge in [0, 0.05) is 30.6 Å². The zero-order valence-electron chi connectivity index (χ0n) is 10.9. The molecular formula is C14H18N2O2S. The van der Waals surface area contributed by atoms with Crippen LogP contribution in [0, 0.1) is 0 Å². The van der Waals surface area contributed by atoms with Gasteiger partial charge in [-0.05, 0) is 5.56 Å². The molecule has 1 aliphatic rings. The van der Waals surface area contributed by atoms with Crippen LogP contribution in [0.1, 0.15) is 12.0 Å². The minimum Gasteiger partial charge on any atom is -0.445 e. The van der Waals surface area contributed by atoms with Gasteiger partial charge >= 0.3 is 6.09 Å². The lowest BCUT2D eigenvalue weighted by Gasteiger charge is -2.28. The van der Waals surface area contributed by atoms with E-state index in [-0.39, 0.29) is 6.09 Å². The molecule has 19 heavy (non-hydrogen) atoms. The number of thiol groups is 1. The number of nitrogens with zero attached hydrogens (tertiary/aromatic N) is 1. The molecule has 0 unspecified atom stereocenters. The first-order valence-electron chi connectivity index (χ1n) is 6.25. The molecule has 1 N–H and O–H groups in total. The lowest BCUT2D eigenvalue weighted by molar-refractivity contribution is 0.0984. The third-order valence-electron chi connectivity index (χ3n) is 3.09. The van der Waals surface area contributed by atoms with Crippen LogP contribution in [0.2, 0.25) is 0 Å². The second-order valence-electron chi connectivity index (χ2n) is 4.39. The van der Waals surface area contributed by atoms with Crippen molar-refractivity contribution in [3.8, 4) is 0 Å². The Hall–Kier alpha value is -1.62. The Morgan fingerprint density at radius 1 is 1.42 bits per heavy atom. The van der Waals surface area contributed by atoms with E-state index in [4.69, 9.17) is 4.74 Å².